The van der Waals surface area contributed by atoms with E-state index in [1.54, 1.807) is 12.1 Å². The summed E-state index contributed by atoms with van der Waals surface area (Å²) in [6.07, 6.45) is -4.75. The van der Waals surface area contributed by atoms with E-state index in [0.29, 0.717) is 15.6 Å². The highest BCUT2D eigenvalue weighted by Crippen LogP contribution is 2.38. The maximum absolute atomic E-state index is 12.1. The molecule has 0 amide bonds. The van der Waals surface area contributed by atoms with Crippen LogP contribution in [0.3, 0.4) is 0 Å². The molecule has 0 aliphatic heterocycles. The van der Waals surface area contributed by atoms with Gasteiger partial charge >= 0.3 is 6.36 Å². The number of ether oxygens (including phenoxy) is 2. The van der Waals surface area contributed by atoms with Crippen molar-refractivity contribution < 1.29 is 27.8 Å². The molecule has 0 aliphatic carbocycles. The fourth-order valence-corrected chi connectivity index (χ4v) is 2.50. The van der Waals surface area contributed by atoms with Crippen LogP contribution in [0.1, 0.15) is 17.2 Å². The van der Waals surface area contributed by atoms with Gasteiger partial charge in [0.1, 0.15) is 5.75 Å². The molecular formula is C15H14BrClF3NO3. The molecule has 132 valence electrons. The number of hydrogen-bond acceptors (Lipinski definition) is 4. The van der Waals surface area contributed by atoms with E-state index in [9.17, 15) is 18.3 Å². The van der Waals surface area contributed by atoms with Crippen LogP contribution in [0.5, 0.6) is 17.2 Å². The van der Waals surface area contributed by atoms with Crippen molar-refractivity contribution in [2.24, 2.45) is 5.73 Å². The number of phenols is 1. The van der Waals surface area contributed by atoms with Crippen LogP contribution in [0.15, 0.2) is 40.9 Å². The van der Waals surface area contributed by atoms with Crippen molar-refractivity contribution in [3.63, 3.8) is 0 Å². The van der Waals surface area contributed by atoms with Crippen LogP contribution in [-0.4, -0.2) is 18.6 Å². The van der Waals surface area contributed by atoms with Gasteiger partial charge in [0.15, 0.2) is 11.5 Å². The second-order valence-corrected chi connectivity index (χ2v) is 5.56. The molecule has 0 radical (unpaired) electrons. The van der Waals surface area contributed by atoms with E-state index in [0.717, 1.165) is 12.1 Å². The van der Waals surface area contributed by atoms with E-state index >= 15 is 0 Å². The minimum atomic E-state index is -4.75. The van der Waals surface area contributed by atoms with Crippen molar-refractivity contribution in [2.45, 2.75) is 12.4 Å². The number of phenolic OH excluding ortho intramolecular Hbond substituents is 1. The van der Waals surface area contributed by atoms with E-state index in [4.69, 9.17) is 10.5 Å². The molecule has 2 aromatic carbocycles. The Kier molecular flexibility index (Phi) is 6.76. The van der Waals surface area contributed by atoms with Gasteiger partial charge in [-0.25, -0.2) is 0 Å². The Bertz CT molecular complexity index is 696. The number of hydrogen-bond donors (Lipinski definition) is 2. The summed E-state index contributed by atoms with van der Waals surface area (Å²) in [5, 5.41) is 10.2. The lowest BCUT2D eigenvalue weighted by Crippen LogP contribution is -2.17. The maximum Gasteiger partial charge on any atom is 0.573 e. The molecule has 0 aliphatic rings. The Labute approximate surface area is 150 Å². The Morgan fingerprint density at radius 2 is 1.75 bits per heavy atom. The molecule has 0 spiro atoms. The molecule has 2 rings (SSSR count). The average Bonchev–Trinajstić information content (AvgIpc) is 2.47. The molecular weight excluding hydrogens is 415 g/mol. The van der Waals surface area contributed by atoms with Crippen molar-refractivity contribution in [1.29, 1.82) is 0 Å². The lowest BCUT2D eigenvalue weighted by molar-refractivity contribution is -0.274. The van der Waals surface area contributed by atoms with E-state index in [-0.39, 0.29) is 29.7 Å². The first-order valence-electron chi connectivity index (χ1n) is 6.39. The summed E-state index contributed by atoms with van der Waals surface area (Å²) in [4.78, 5) is 0. The zero-order chi connectivity index (χ0) is 17.2. The van der Waals surface area contributed by atoms with E-state index in [1.807, 2.05) is 0 Å². The minimum absolute atomic E-state index is 0. The molecule has 4 nitrogen and oxygen atoms in total. The Balaban J connectivity index is 0.00000288. The lowest BCUT2D eigenvalue weighted by atomic mass is 9.98. The minimum Gasteiger partial charge on any atom is -0.504 e. The van der Waals surface area contributed by atoms with Gasteiger partial charge in [-0.1, -0.05) is 28.1 Å². The predicted octanol–water partition coefficient (Wildman–Crippen LogP) is 4.53. The topological polar surface area (TPSA) is 64.7 Å². The molecule has 2 aromatic rings. The van der Waals surface area contributed by atoms with Crippen molar-refractivity contribution in [1.82, 2.24) is 0 Å². The second kappa shape index (κ2) is 7.96. The standard InChI is InChI=1S/C15H13BrF3NO3.ClH/c1-22-12-7-9(16)6-11(14(12)21)13(20)8-2-4-10(5-3-8)23-15(17,18)19;/h2-7,13,21H,20H2,1H3;1H/t13-;/m0./s1. The van der Waals surface area contributed by atoms with E-state index in [1.165, 1.54) is 19.2 Å². The zero-order valence-corrected chi connectivity index (χ0v) is 14.7. The highest BCUT2D eigenvalue weighted by molar-refractivity contribution is 9.10. The average molecular weight is 429 g/mol. The SMILES string of the molecule is COc1cc(Br)cc([C@@H](N)c2ccc(OC(F)(F)F)cc2)c1O.Cl. The third kappa shape index (κ3) is 4.93. The van der Waals surface area contributed by atoms with Crippen molar-refractivity contribution in [3.8, 4) is 17.2 Å². The summed E-state index contributed by atoms with van der Waals surface area (Å²) >= 11 is 3.28. The molecule has 0 unspecified atom stereocenters. The Morgan fingerprint density at radius 3 is 2.25 bits per heavy atom. The van der Waals surface area contributed by atoms with Crippen molar-refractivity contribution in [2.75, 3.05) is 7.11 Å². The molecule has 0 fully saturated rings. The van der Waals surface area contributed by atoms with Gasteiger partial charge in [0.2, 0.25) is 0 Å². The third-order valence-electron chi connectivity index (χ3n) is 3.10. The quantitative estimate of drug-likeness (QED) is 0.751. The second-order valence-electron chi connectivity index (χ2n) is 4.64. The smallest absolute Gasteiger partial charge is 0.504 e. The molecule has 9 heteroatoms. The first-order valence-corrected chi connectivity index (χ1v) is 7.18. The van der Waals surface area contributed by atoms with Gasteiger partial charge in [-0.2, -0.15) is 0 Å². The van der Waals surface area contributed by atoms with Crippen LogP contribution in [-0.2, 0) is 0 Å². The number of halogens is 5. The van der Waals surface area contributed by atoms with E-state index < -0.39 is 12.4 Å². The summed E-state index contributed by atoms with van der Waals surface area (Å²) < 4.78 is 45.9. The van der Waals surface area contributed by atoms with Crippen LogP contribution < -0.4 is 15.2 Å². The summed E-state index contributed by atoms with van der Waals surface area (Å²) in [5.74, 6) is -0.231. The number of rotatable bonds is 4. The third-order valence-corrected chi connectivity index (χ3v) is 3.55. The van der Waals surface area contributed by atoms with Crippen LogP contribution in [0.2, 0.25) is 0 Å². The number of alkyl halides is 3. The first-order chi connectivity index (χ1) is 10.7. The van der Waals surface area contributed by atoms with Gasteiger partial charge in [0.25, 0.3) is 0 Å². The number of benzene rings is 2. The number of methoxy groups -OCH3 is 1. The zero-order valence-electron chi connectivity index (χ0n) is 12.3. The monoisotopic (exact) mass is 427 g/mol. The molecule has 0 bridgehead atoms. The van der Waals surface area contributed by atoms with Gasteiger partial charge in [-0.15, -0.1) is 25.6 Å². The largest absolute Gasteiger partial charge is 0.573 e. The summed E-state index contributed by atoms with van der Waals surface area (Å²) in [6, 6.07) is 7.57. The lowest BCUT2D eigenvalue weighted by Gasteiger charge is -2.17. The van der Waals surface area contributed by atoms with Crippen molar-refractivity contribution >= 4 is 28.3 Å². The summed E-state index contributed by atoms with van der Waals surface area (Å²) in [7, 11) is 1.40. The van der Waals surface area contributed by atoms with Crippen LogP contribution >= 0.6 is 28.3 Å². The fraction of sp³-hybridized carbons (Fsp3) is 0.200. The van der Waals surface area contributed by atoms with Gasteiger partial charge in [-0.05, 0) is 29.8 Å². The van der Waals surface area contributed by atoms with Gasteiger partial charge in [0, 0.05) is 10.0 Å². The molecule has 3 N–H and O–H groups in total. The molecule has 0 heterocycles. The van der Waals surface area contributed by atoms with Crippen LogP contribution in [0.25, 0.3) is 0 Å². The molecule has 0 saturated carbocycles. The molecule has 0 aromatic heterocycles. The number of aromatic hydroxyl groups is 1. The molecule has 24 heavy (non-hydrogen) atoms. The van der Waals surface area contributed by atoms with Gasteiger partial charge < -0.3 is 20.3 Å². The Morgan fingerprint density at radius 1 is 1.17 bits per heavy atom. The molecule has 1 atom stereocenters. The molecule has 0 saturated heterocycles. The van der Waals surface area contributed by atoms with Gasteiger partial charge in [0.05, 0.1) is 13.2 Å². The highest BCUT2D eigenvalue weighted by Gasteiger charge is 2.31. The highest BCUT2D eigenvalue weighted by atomic mass is 79.9. The summed E-state index contributed by atoms with van der Waals surface area (Å²) in [6.45, 7) is 0. The van der Waals surface area contributed by atoms with Crippen molar-refractivity contribution in [3.05, 3.63) is 52.0 Å². The number of nitrogens with two attached hydrogens (primary N) is 1. The van der Waals surface area contributed by atoms with Crippen LogP contribution in [0.4, 0.5) is 13.2 Å². The maximum atomic E-state index is 12.1. The fourth-order valence-electron chi connectivity index (χ4n) is 2.04. The first kappa shape index (κ1) is 20.4. The Hall–Kier alpha value is -1.64. The van der Waals surface area contributed by atoms with Crippen LogP contribution in [0, 0.1) is 0 Å². The summed E-state index contributed by atoms with van der Waals surface area (Å²) in [5.41, 5.74) is 6.97. The van der Waals surface area contributed by atoms with Gasteiger partial charge in [-0.3, -0.25) is 0 Å². The predicted molar refractivity (Wildman–Crippen MR) is 88.8 cm³/mol. The normalized spacial score (nSPS) is 12.2. The van der Waals surface area contributed by atoms with E-state index in [2.05, 4.69) is 20.7 Å².